The number of rotatable bonds is 6. The third kappa shape index (κ3) is 5.60. The van der Waals surface area contributed by atoms with Crippen molar-refractivity contribution < 1.29 is 0 Å². The molecule has 3 heterocycles. The quantitative estimate of drug-likeness (QED) is 0.170. The summed E-state index contributed by atoms with van der Waals surface area (Å²) < 4.78 is 5.01. The molecule has 11 aromatic rings. The summed E-state index contributed by atoms with van der Waals surface area (Å²) in [7, 11) is 0. The summed E-state index contributed by atoms with van der Waals surface area (Å²) in [5.74, 6) is 2.00. The van der Waals surface area contributed by atoms with Gasteiger partial charge in [0.2, 0.25) is 0 Å². The maximum Gasteiger partial charge on any atom is 0.165 e. The Labute approximate surface area is 331 Å². The van der Waals surface area contributed by atoms with E-state index >= 15 is 0 Å². The smallest absolute Gasteiger partial charge is 0.165 e. The molecule has 0 saturated heterocycles. The van der Waals surface area contributed by atoms with Crippen LogP contribution in [0.25, 0.3) is 108 Å². The van der Waals surface area contributed by atoms with Crippen molar-refractivity contribution in [2.24, 2.45) is 0 Å². The average Bonchev–Trinajstić information content (AvgIpc) is 3.86. The van der Waals surface area contributed by atoms with Crippen molar-refractivity contribution in [1.29, 1.82) is 0 Å². The van der Waals surface area contributed by atoms with Crippen LogP contribution in [0.15, 0.2) is 188 Å². The molecule has 0 fully saturated rings. The molecular formula is C51H31N3S2. The van der Waals surface area contributed by atoms with Gasteiger partial charge in [-0.05, 0) is 57.6 Å². The Morgan fingerprint density at radius 2 is 0.804 bits per heavy atom. The summed E-state index contributed by atoms with van der Waals surface area (Å²) in [6.07, 6.45) is 0. The molecule has 0 aliphatic rings. The van der Waals surface area contributed by atoms with Crippen molar-refractivity contribution in [2.75, 3.05) is 0 Å². The molecule has 0 aliphatic carbocycles. The van der Waals surface area contributed by atoms with Gasteiger partial charge in [0, 0.05) is 57.0 Å². The van der Waals surface area contributed by atoms with E-state index in [4.69, 9.17) is 15.0 Å². The van der Waals surface area contributed by atoms with Crippen molar-refractivity contribution in [3.05, 3.63) is 188 Å². The molecule has 0 unspecified atom stereocenters. The lowest BCUT2D eigenvalue weighted by molar-refractivity contribution is 1.08. The van der Waals surface area contributed by atoms with Crippen LogP contribution in [0, 0.1) is 0 Å². The van der Waals surface area contributed by atoms with E-state index in [-0.39, 0.29) is 0 Å². The molecule has 0 bridgehead atoms. The van der Waals surface area contributed by atoms with E-state index in [1.807, 2.05) is 47.7 Å². The molecule has 3 nitrogen and oxygen atoms in total. The van der Waals surface area contributed by atoms with Gasteiger partial charge in [-0.25, -0.2) is 15.0 Å². The average molecular weight is 750 g/mol. The lowest BCUT2D eigenvalue weighted by Gasteiger charge is -2.11. The molecule has 5 heteroatoms. The number of fused-ring (bicyclic) bond motifs is 6. The minimum absolute atomic E-state index is 0.664. The highest BCUT2D eigenvalue weighted by Crippen LogP contribution is 2.47. The van der Waals surface area contributed by atoms with Gasteiger partial charge in [0.1, 0.15) is 0 Å². The van der Waals surface area contributed by atoms with Gasteiger partial charge in [0.05, 0.1) is 0 Å². The summed E-state index contributed by atoms with van der Waals surface area (Å²) in [5, 5.41) is 5.04. The van der Waals surface area contributed by atoms with Crippen molar-refractivity contribution in [3.63, 3.8) is 0 Å². The fourth-order valence-corrected chi connectivity index (χ4v) is 10.3. The summed E-state index contributed by atoms with van der Waals surface area (Å²) in [6.45, 7) is 0. The van der Waals surface area contributed by atoms with Crippen LogP contribution in [0.4, 0.5) is 0 Å². The second-order valence-electron chi connectivity index (χ2n) is 13.9. The van der Waals surface area contributed by atoms with Crippen LogP contribution in [0.1, 0.15) is 0 Å². The molecule has 0 saturated carbocycles. The van der Waals surface area contributed by atoms with Gasteiger partial charge in [0.15, 0.2) is 17.5 Å². The summed E-state index contributed by atoms with van der Waals surface area (Å²) >= 11 is 3.68. The molecule has 0 atom stereocenters. The SMILES string of the molecule is c1ccc(-c2ccc(-c3ccc(-c4ccc5sc6c(-c7nc(-c8ccccc8)nc(-c8ccccc8)n7)cccc6c5c4)c4c3sc3ccccc34)cc2)cc1. The van der Waals surface area contributed by atoms with Gasteiger partial charge < -0.3 is 0 Å². The Bertz CT molecular complexity index is 3170. The van der Waals surface area contributed by atoms with Crippen LogP contribution in [0.5, 0.6) is 0 Å². The molecule has 56 heavy (non-hydrogen) atoms. The summed E-state index contributed by atoms with van der Waals surface area (Å²) in [4.78, 5) is 15.1. The van der Waals surface area contributed by atoms with E-state index < -0.39 is 0 Å². The molecule has 3 aromatic heterocycles. The predicted molar refractivity (Wildman–Crippen MR) is 238 cm³/mol. The van der Waals surface area contributed by atoms with E-state index in [0.29, 0.717) is 17.5 Å². The Hall–Kier alpha value is -6.79. The first-order valence-corrected chi connectivity index (χ1v) is 20.3. The van der Waals surface area contributed by atoms with Crippen LogP contribution in [-0.4, -0.2) is 15.0 Å². The van der Waals surface area contributed by atoms with Crippen molar-refractivity contribution in [2.45, 2.75) is 0 Å². The summed E-state index contributed by atoms with van der Waals surface area (Å²) in [6, 6.07) is 66.8. The molecule has 0 spiro atoms. The van der Waals surface area contributed by atoms with Crippen molar-refractivity contribution in [3.8, 4) is 67.5 Å². The fourth-order valence-electron chi connectivity index (χ4n) is 7.84. The summed E-state index contributed by atoms with van der Waals surface area (Å²) in [5.41, 5.74) is 10.3. The van der Waals surface area contributed by atoms with Crippen LogP contribution >= 0.6 is 22.7 Å². The zero-order chi connectivity index (χ0) is 37.0. The van der Waals surface area contributed by atoms with Crippen molar-refractivity contribution in [1.82, 2.24) is 15.0 Å². The van der Waals surface area contributed by atoms with Crippen LogP contribution in [0.3, 0.4) is 0 Å². The zero-order valence-corrected chi connectivity index (χ0v) is 31.7. The normalized spacial score (nSPS) is 11.6. The highest BCUT2D eigenvalue weighted by Gasteiger charge is 2.19. The Morgan fingerprint density at radius 1 is 0.286 bits per heavy atom. The monoisotopic (exact) mass is 749 g/mol. The van der Waals surface area contributed by atoms with Crippen LogP contribution in [-0.2, 0) is 0 Å². The molecule has 0 aliphatic heterocycles. The maximum atomic E-state index is 5.08. The number of nitrogens with zero attached hydrogens (tertiary/aromatic N) is 3. The van der Waals surface area contributed by atoms with Gasteiger partial charge in [-0.15, -0.1) is 22.7 Å². The number of hydrogen-bond donors (Lipinski definition) is 0. The number of aromatic nitrogens is 3. The Balaban J connectivity index is 1.06. The number of thiophene rings is 2. The highest BCUT2D eigenvalue weighted by molar-refractivity contribution is 7.26. The lowest BCUT2D eigenvalue weighted by atomic mass is 9.93. The molecule has 8 aromatic carbocycles. The van der Waals surface area contributed by atoms with Crippen LogP contribution < -0.4 is 0 Å². The first-order chi connectivity index (χ1) is 27.7. The Kier molecular flexibility index (Phi) is 7.87. The third-order valence-electron chi connectivity index (χ3n) is 10.6. The van der Waals surface area contributed by atoms with E-state index in [0.717, 1.165) is 16.7 Å². The van der Waals surface area contributed by atoms with Crippen molar-refractivity contribution >= 4 is 63.0 Å². The minimum atomic E-state index is 0.664. The van der Waals surface area contributed by atoms with E-state index in [1.165, 1.54) is 73.7 Å². The van der Waals surface area contributed by atoms with E-state index in [9.17, 15) is 0 Å². The maximum absolute atomic E-state index is 5.08. The molecule has 0 amide bonds. The molecule has 262 valence electrons. The van der Waals surface area contributed by atoms with Crippen LogP contribution in [0.2, 0.25) is 0 Å². The standard InChI is InChI=1S/C51H31N3S2/c1-4-13-32(14-5-1)33-23-25-34(26-24-33)39-29-28-38(46-41-19-10-11-22-44(41)56-48(39)46)37-27-30-45-43(31-37)40-20-12-21-42(47(40)55-45)51-53-49(35-15-6-2-7-16-35)52-50(54-51)36-17-8-3-9-18-36/h1-31H. The molecular weight excluding hydrogens is 719 g/mol. The third-order valence-corrected chi connectivity index (χ3v) is 13.0. The topological polar surface area (TPSA) is 38.7 Å². The van der Waals surface area contributed by atoms with Gasteiger partial charge in [-0.3, -0.25) is 0 Å². The lowest BCUT2D eigenvalue weighted by Crippen LogP contribution is -2.00. The number of hydrogen-bond acceptors (Lipinski definition) is 5. The molecule has 11 rings (SSSR count). The van der Waals surface area contributed by atoms with Gasteiger partial charge in [-0.2, -0.15) is 0 Å². The largest absolute Gasteiger partial charge is 0.208 e. The fraction of sp³-hybridized carbons (Fsp3) is 0. The highest BCUT2D eigenvalue weighted by atomic mass is 32.1. The van der Waals surface area contributed by atoms with Gasteiger partial charge in [-0.1, -0.05) is 164 Å². The minimum Gasteiger partial charge on any atom is -0.208 e. The van der Waals surface area contributed by atoms with E-state index in [2.05, 4.69) is 152 Å². The first kappa shape index (κ1) is 32.6. The van der Waals surface area contributed by atoms with Gasteiger partial charge >= 0.3 is 0 Å². The number of benzene rings is 8. The second-order valence-corrected chi connectivity index (χ2v) is 16.0. The first-order valence-electron chi connectivity index (χ1n) is 18.7. The molecule has 0 radical (unpaired) electrons. The molecule has 0 N–H and O–H groups in total. The predicted octanol–water partition coefficient (Wildman–Crippen LogP) is 14.6. The second kappa shape index (κ2) is 13.5. The van der Waals surface area contributed by atoms with Gasteiger partial charge in [0.25, 0.3) is 0 Å². The zero-order valence-electron chi connectivity index (χ0n) is 30.1. The Morgan fingerprint density at radius 3 is 1.52 bits per heavy atom. The van der Waals surface area contributed by atoms with E-state index in [1.54, 1.807) is 11.3 Å².